The van der Waals surface area contributed by atoms with Gasteiger partial charge >= 0.3 is 0 Å². The zero-order valence-electron chi connectivity index (χ0n) is 10.1. The summed E-state index contributed by atoms with van der Waals surface area (Å²) in [6.07, 6.45) is 0.998. The number of rotatable bonds is 0. The molecule has 0 saturated carbocycles. The summed E-state index contributed by atoms with van der Waals surface area (Å²) in [6, 6.07) is 0. The number of hydrogen-bond donors (Lipinski definition) is 0. The van der Waals surface area contributed by atoms with Gasteiger partial charge in [0, 0.05) is 0 Å². The van der Waals surface area contributed by atoms with E-state index in [0.29, 0.717) is 0 Å². The molecule has 0 atom stereocenters. The summed E-state index contributed by atoms with van der Waals surface area (Å²) >= 11 is 0. The first-order chi connectivity index (χ1) is 10.4. The molecule has 0 spiro atoms. The van der Waals surface area contributed by atoms with Crippen LogP contribution in [0.5, 0.6) is 0 Å². The Morgan fingerprint density at radius 3 is 1.73 bits per heavy atom. The van der Waals surface area contributed by atoms with Crippen LogP contribution in [0.2, 0.25) is 0 Å². The molecule has 0 heterocycles. The summed E-state index contributed by atoms with van der Waals surface area (Å²) < 4.78 is 81.7. The van der Waals surface area contributed by atoms with Gasteiger partial charge in [-0.15, -0.1) is 4.95 Å². The molecule has 22 heavy (non-hydrogen) atoms. The smallest absolute Gasteiger partial charge is 0.203 e. The van der Waals surface area contributed by atoms with Crippen LogP contribution in [-0.2, 0) is 0 Å². The topological polar surface area (TPSA) is 52.9 Å². The van der Waals surface area contributed by atoms with Crippen LogP contribution in [0.1, 0.15) is 11.1 Å². The van der Waals surface area contributed by atoms with Gasteiger partial charge in [0.15, 0.2) is 40.6 Å². The van der Waals surface area contributed by atoms with Crippen molar-refractivity contribution in [3.05, 3.63) is 57.6 Å². The molecule has 0 radical (unpaired) electrons. The summed E-state index contributed by atoms with van der Waals surface area (Å²) in [6.45, 7) is 6.45. The van der Waals surface area contributed by atoms with Gasteiger partial charge in [-0.1, -0.05) is 0 Å². The Balaban J connectivity index is 3.09. The molecule has 0 unspecified atom stereocenters. The van der Waals surface area contributed by atoms with E-state index in [4.69, 9.17) is 11.8 Å². The highest BCUT2D eigenvalue weighted by atomic mass is 19.2. The first kappa shape index (κ1) is 15.3. The number of fused-ring (bicyclic) bond motifs is 1. The van der Waals surface area contributed by atoms with E-state index in [1.165, 1.54) is 0 Å². The van der Waals surface area contributed by atoms with Crippen LogP contribution in [0.3, 0.4) is 0 Å². The fourth-order valence-corrected chi connectivity index (χ4v) is 1.80. The SMILES string of the molecule is [C-]#[N+]/N=C1/C(F)=C(F)C(=NC#N)c2c(F)c(F)c(F)c(F)c21. The molecular formula is C12F6N4. The number of aliphatic imine (C=N–C) groups is 1. The molecule has 1 aromatic carbocycles. The number of nitriles is 1. The Hall–Kier alpha value is -3.14. The van der Waals surface area contributed by atoms with E-state index in [1.54, 1.807) is 0 Å². The van der Waals surface area contributed by atoms with Gasteiger partial charge in [0.1, 0.15) is 5.71 Å². The van der Waals surface area contributed by atoms with Crippen LogP contribution in [0, 0.1) is 41.3 Å². The fraction of sp³-hybridized carbons (Fsp3) is 0. The average Bonchev–Trinajstić information content (AvgIpc) is 2.50. The van der Waals surface area contributed by atoms with Crippen LogP contribution >= 0.6 is 0 Å². The molecule has 2 rings (SSSR count). The predicted octanol–water partition coefficient (Wildman–Crippen LogP) is 3.30. The Kier molecular flexibility index (Phi) is 3.70. The first-order valence-electron chi connectivity index (χ1n) is 5.20. The molecule has 110 valence electrons. The maximum Gasteiger partial charge on any atom is 0.206 e. The quantitative estimate of drug-likeness (QED) is 0.181. The first-order valence-corrected chi connectivity index (χ1v) is 5.20. The second-order valence-electron chi connectivity index (χ2n) is 3.74. The lowest BCUT2D eigenvalue weighted by molar-refractivity contribution is 0.406. The third kappa shape index (κ3) is 1.93. The minimum atomic E-state index is -2.31. The van der Waals surface area contributed by atoms with Crippen LogP contribution in [0.15, 0.2) is 21.7 Å². The molecule has 0 aromatic heterocycles. The van der Waals surface area contributed by atoms with Crippen molar-refractivity contribution in [2.45, 2.75) is 0 Å². The van der Waals surface area contributed by atoms with Crippen LogP contribution < -0.4 is 0 Å². The van der Waals surface area contributed by atoms with Crippen molar-refractivity contribution in [3.63, 3.8) is 0 Å². The van der Waals surface area contributed by atoms with Gasteiger partial charge in [-0.25, -0.2) is 26.3 Å². The van der Waals surface area contributed by atoms with Crippen molar-refractivity contribution < 1.29 is 26.3 Å². The summed E-state index contributed by atoms with van der Waals surface area (Å²) in [5.74, 6) is -12.7. The van der Waals surface area contributed by atoms with Gasteiger partial charge < -0.3 is 0 Å². The second-order valence-corrected chi connectivity index (χ2v) is 3.74. The standard InChI is InChI=1S/C12F6N4/c1-20-22-12-4-3(5(13)7(15)8(16)6(4)14)11(21-2-19)9(17)10(12)18/b21-11?,22-12+. The summed E-state index contributed by atoms with van der Waals surface area (Å²) in [4.78, 5) is 5.07. The van der Waals surface area contributed by atoms with E-state index in [-0.39, 0.29) is 0 Å². The zero-order chi connectivity index (χ0) is 16.6. The van der Waals surface area contributed by atoms with Crippen LogP contribution in [-0.4, -0.2) is 11.4 Å². The lowest BCUT2D eigenvalue weighted by Crippen LogP contribution is -2.25. The van der Waals surface area contributed by atoms with Crippen molar-refractivity contribution in [2.24, 2.45) is 10.1 Å². The maximum atomic E-state index is 13.8. The third-order valence-corrected chi connectivity index (χ3v) is 2.66. The molecular weight excluding hydrogens is 314 g/mol. The monoisotopic (exact) mass is 314 g/mol. The maximum absolute atomic E-state index is 13.8. The molecule has 1 aliphatic carbocycles. The minimum absolute atomic E-state index is 0.998. The molecule has 0 bridgehead atoms. The van der Waals surface area contributed by atoms with E-state index in [9.17, 15) is 26.3 Å². The number of allylic oxidation sites excluding steroid dienone is 2. The van der Waals surface area contributed by atoms with Gasteiger partial charge in [-0.05, 0) is 0 Å². The van der Waals surface area contributed by atoms with E-state index in [1.807, 2.05) is 0 Å². The van der Waals surface area contributed by atoms with Crippen molar-refractivity contribution >= 4 is 11.4 Å². The summed E-state index contributed by atoms with van der Waals surface area (Å²) in [5, 5.41) is 11.1. The van der Waals surface area contributed by atoms with E-state index in [2.05, 4.69) is 15.0 Å². The fourth-order valence-electron chi connectivity index (χ4n) is 1.80. The Morgan fingerprint density at radius 1 is 0.818 bits per heavy atom. The molecule has 4 nitrogen and oxygen atoms in total. The van der Waals surface area contributed by atoms with Crippen LogP contribution in [0.4, 0.5) is 26.3 Å². The highest BCUT2D eigenvalue weighted by molar-refractivity contribution is 6.29. The largest absolute Gasteiger partial charge is 0.206 e. The Labute approximate surface area is 118 Å². The van der Waals surface area contributed by atoms with Gasteiger partial charge in [0.05, 0.1) is 16.2 Å². The lowest BCUT2D eigenvalue weighted by Gasteiger charge is -2.17. The van der Waals surface area contributed by atoms with Gasteiger partial charge in [0.25, 0.3) is 0 Å². The average molecular weight is 314 g/mol. The van der Waals surface area contributed by atoms with Gasteiger partial charge in [-0.2, -0.15) is 16.8 Å². The van der Waals surface area contributed by atoms with E-state index in [0.717, 1.165) is 6.19 Å². The normalized spacial score (nSPS) is 17.5. The number of benzene rings is 1. The predicted molar refractivity (Wildman–Crippen MR) is 60.8 cm³/mol. The number of hydrogen-bond acceptors (Lipinski definition) is 3. The lowest BCUT2D eigenvalue weighted by atomic mass is 9.90. The van der Waals surface area contributed by atoms with Crippen molar-refractivity contribution in [1.82, 2.24) is 0 Å². The molecule has 1 aromatic rings. The number of nitrogens with zero attached hydrogens (tertiary/aromatic N) is 4. The Morgan fingerprint density at radius 2 is 1.27 bits per heavy atom. The summed E-state index contributed by atoms with van der Waals surface area (Å²) in [5.41, 5.74) is -5.40. The summed E-state index contributed by atoms with van der Waals surface area (Å²) in [7, 11) is 0. The van der Waals surface area contributed by atoms with Crippen molar-refractivity contribution in [2.75, 3.05) is 0 Å². The molecule has 0 aliphatic heterocycles. The number of halogens is 6. The second kappa shape index (κ2) is 5.33. The van der Waals surface area contributed by atoms with Crippen molar-refractivity contribution in [1.29, 1.82) is 5.26 Å². The molecule has 0 fully saturated rings. The Bertz CT molecular complexity index is 798. The van der Waals surface area contributed by atoms with E-state index >= 15 is 0 Å². The van der Waals surface area contributed by atoms with E-state index < -0.39 is 57.5 Å². The van der Waals surface area contributed by atoms with Crippen molar-refractivity contribution in [3.8, 4) is 6.19 Å². The molecule has 0 amide bonds. The molecule has 0 N–H and O–H groups in total. The zero-order valence-corrected chi connectivity index (χ0v) is 10.1. The minimum Gasteiger partial charge on any atom is -0.203 e. The van der Waals surface area contributed by atoms with Gasteiger partial charge in [0.2, 0.25) is 6.19 Å². The highest BCUT2D eigenvalue weighted by Crippen LogP contribution is 2.35. The van der Waals surface area contributed by atoms with Crippen LogP contribution in [0.25, 0.3) is 4.95 Å². The highest BCUT2D eigenvalue weighted by Gasteiger charge is 2.40. The third-order valence-electron chi connectivity index (χ3n) is 2.66. The van der Waals surface area contributed by atoms with Gasteiger partial charge in [-0.3, -0.25) is 0 Å². The molecule has 1 aliphatic rings. The molecule has 10 heteroatoms. The molecule has 0 saturated heterocycles.